The number of nitrogens with zero attached hydrogens (tertiary/aromatic N) is 3. The minimum Gasteiger partial charge on any atom is -0.280 e. The molecule has 0 fully saturated rings. The first-order chi connectivity index (χ1) is 28.6. The number of para-hydroxylation sites is 1. The number of aromatic nitrogens is 2. The number of pyridine rings is 2. The van der Waals surface area contributed by atoms with Crippen LogP contribution in [0.2, 0.25) is 0 Å². The van der Waals surface area contributed by atoms with Crippen molar-refractivity contribution in [3.8, 4) is 55.9 Å². The monoisotopic (exact) mass is 956 g/mol. The summed E-state index contributed by atoms with van der Waals surface area (Å²) in [4.78, 5) is 13.6. The van der Waals surface area contributed by atoms with Gasteiger partial charge in [0.15, 0.2) is 0 Å². The first kappa shape index (κ1) is 39.6. The van der Waals surface area contributed by atoms with Crippen molar-refractivity contribution in [1.82, 2.24) is 9.97 Å². The van der Waals surface area contributed by atoms with Gasteiger partial charge in [-0.1, -0.05) is 156 Å². The maximum atomic E-state index is 5.76. The van der Waals surface area contributed by atoms with Crippen molar-refractivity contribution in [2.45, 2.75) is 65.7 Å². The number of aryl methyl sites for hydroxylation is 2. The molecular formula is C56H47N3Pt. The first-order valence-corrected chi connectivity index (χ1v) is 20.9. The molecule has 8 aromatic rings. The van der Waals surface area contributed by atoms with E-state index in [4.69, 9.17) is 9.97 Å². The van der Waals surface area contributed by atoms with Gasteiger partial charge in [0.1, 0.15) is 11.6 Å². The summed E-state index contributed by atoms with van der Waals surface area (Å²) in [6, 6.07) is 60.1. The fraction of sp³-hybridized carbons (Fsp3) is 0.179. The molecule has 1 unspecified atom stereocenters. The summed E-state index contributed by atoms with van der Waals surface area (Å²) in [5, 5.41) is 0. The van der Waals surface area contributed by atoms with Crippen LogP contribution in [0.15, 0.2) is 146 Å². The third-order valence-electron chi connectivity index (χ3n) is 12.7. The van der Waals surface area contributed by atoms with Gasteiger partial charge in [0.25, 0.3) is 0 Å². The fourth-order valence-electron chi connectivity index (χ4n) is 9.71. The van der Waals surface area contributed by atoms with E-state index in [1.165, 1.54) is 66.8 Å². The van der Waals surface area contributed by atoms with Gasteiger partial charge in [-0.3, -0.25) is 14.9 Å². The van der Waals surface area contributed by atoms with E-state index < -0.39 is 0 Å². The summed E-state index contributed by atoms with van der Waals surface area (Å²) in [6.07, 6.45) is 0. The molecule has 0 radical (unpaired) electrons. The standard InChI is InChI=1S/C56H47N3.Pt/c1-34(2)40-17-12-18-41(35(3)4)55(40)59(51-24-14-23-50(57-51)39-30-27-37(6)47(33-39)38-28-25-36(5)26-29-38)52-32-31-45-44-20-13-19-43-42-15-8-10-21-48(42)56(7,53(43)44)49-22-11-9-16-46(49)54(45)58-52;/h8-15,17-29,31-35H,1-7H3;/q-2;+2. The van der Waals surface area contributed by atoms with Crippen molar-refractivity contribution in [2.75, 3.05) is 4.90 Å². The quantitative estimate of drug-likeness (QED) is 0.149. The van der Waals surface area contributed by atoms with E-state index in [9.17, 15) is 0 Å². The third kappa shape index (κ3) is 6.20. The van der Waals surface area contributed by atoms with Gasteiger partial charge in [-0.25, -0.2) is 0 Å². The molecule has 0 saturated carbocycles. The van der Waals surface area contributed by atoms with Gasteiger partial charge in [0.2, 0.25) is 0 Å². The predicted octanol–water partition coefficient (Wildman–Crippen LogP) is 14.7. The Morgan fingerprint density at radius 3 is 1.98 bits per heavy atom. The summed E-state index contributed by atoms with van der Waals surface area (Å²) in [5.41, 5.74) is 20.7. The third-order valence-corrected chi connectivity index (χ3v) is 12.7. The second kappa shape index (κ2) is 15.3. The Bertz CT molecular complexity index is 2920. The number of fused-ring (bicyclic) bond motifs is 8. The summed E-state index contributed by atoms with van der Waals surface area (Å²) in [5.74, 6) is 2.15. The van der Waals surface area contributed by atoms with Gasteiger partial charge in [0.05, 0.1) is 5.69 Å². The molecule has 0 bridgehead atoms. The Hall–Kier alpha value is -5.89. The zero-order valence-corrected chi connectivity index (χ0v) is 37.4. The molecule has 10 rings (SSSR count). The van der Waals surface area contributed by atoms with E-state index in [1.807, 2.05) is 6.07 Å². The molecule has 2 aliphatic carbocycles. The van der Waals surface area contributed by atoms with Gasteiger partial charge < -0.3 is 0 Å². The molecule has 60 heavy (non-hydrogen) atoms. The van der Waals surface area contributed by atoms with Crippen LogP contribution >= 0.6 is 0 Å². The molecule has 2 aromatic heterocycles. The van der Waals surface area contributed by atoms with Crippen LogP contribution in [0.5, 0.6) is 0 Å². The van der Waals surface area contributed by atoms with Gasteiger partial charge >= 0.3 is 21.1 Å². The Morgan fingerprint density at radius 2 is 1.23 bits per heavy atom. The summed E-state index contributed by atoms with van der Waals surface area (Å²) >= 11 is 0. The number of hydrogen-bond acceptors (Lipinski definition) is 3. The fourth-order valence-corrected chi connectivity index (χ4v) is 9.71. The van der Waals surface area contributed by atoms with E-state index in [0.717, 1.165) is 45.4 Å². The minimum atomic E-state index is -0.372. The van der Waals surface area contributed by atoms with Crippen LogP contribution in [-0.2, 0) is 26.5 Å². The maximum Gasteiger partial charge on any atom is 2.00 e. The molecule has 4 heteroatoms. The van der Waals surface area contributed by atoms with E-state index in [-0.39, 0.29) is 38.3 Å². The molecule has 0 aliphatic heterocycles. The Kier molecular flexibility index (Phi) is 10.1. The van der Waals surface area contributed by atoms with Gasteiger partial charge in [-0.2, -0.15) is 0 Å². The van der Waals surface area contributed by atoms with Crippen molar-refractivity contribution < 1.29 is 21.1 Å². The molecule has 0 spiro atoms. The van der Waals surface area contributed by atoms with Crippen LogP contribution in [0.3, 0.4) is 0 Å². The average Bonchev–Trinajstić information content (AvgIpc) is 3.48. The zero-order valence-electron chi connectivity index (χ0n) is 35.2. The van der Waals surface area contributed by atoms with Crippen molar-refractivity contribution >= 4 is 17.3 Å². The Labute approximate surface area is 369 Å². The largest absolute Gasteiger partial charge is 2.00 e. The molecule has 2 heterocycles. The second-order valence-corrected chi connectivity index (χ2v) is 17.0. The molecular weight excluding hydrogens is 910 g/mol. The smallest absolute Gasteiger partial charge is 0.280 e. The SMILES string of the molecule is Cc1ccc(-c2cc(-c3cccc(N(c4ccc5c(n4)-c4[c-]cccc4C4(C)c6ccccc6-c6cccc-5c64)c4c(C(C)C)cccc4C(C)C)n3)[c-]cc2C)cc1.[Pt+2]. The van der Waals surface area contributed by atoms with Crippen LogP contribution in [0, 0.1) is 26.0 Å². The van der Waals surface area contributed by atoms with E-state index >= 15 is 0 Å². The van der Waals surface area contributed by atoms with Crippen molar-refractivity contribution in [3.05, 3.63) is 197 Å². The van der Waals surface area contributed by atoms with Crippen LogP contribution in [-0.4, -0.2) is 9.97 Å². The topological polar surface area (TPSA) is 29.0 Å². The van der Waals surface area contributed by atoms with E-state index in [0.29, 0.717) is 0 Å². The molecule has 0 saturated heterocycles. The number of anilines is 3. The molecule has 6 aromatic carbocycles. The van der Waals surface area contributed by atoms with Gasteiger partial charge in [0, 0.05) is 5.41 Å². The molecule has 296 valence electrons. The summed E-state index contributed by atoms with van der Waals surface area (Å²) in [7, 11) is 0. The Balaban J connectivity index is 0.00000462. The van der Waals surface area contributed by atoms with Gasteiger partial charge in [-0.15, -0.1) is 64.7 Å². The first-order valence-electron chi connectivity index (χ1n) is 20.9. The van der Waals surface area contributed by atoms with Crippen LogP contribution in [0.1, 0.15) is 85.4 Å². The predicted molar refractivity (Wildman–Crippen MR) is 245 cm³/mol. The van der Waals surface area contributed by atoms with Crippen molar-refractivity contribution in [2.24, 2.45) is 0 Å². The van der Waals surface area contributed by atoms with Crippen LogP contribution < -0.4 is 4.90 Å². The van der Waals surface area contributed by atoms with Crippen LogP contribution in [0.25, 0.3) is 55.9 Å². The van der Waals surface area contributed by atoms with Crippen molar-refractivity contribution in [3.63, 3.8) is 0 Å². The van der Waals surface area contributed by atoms with Gasteiger partial charge in [-0.05, 0) is 92.4 Å². The van der Waals surface area contributed by atoms with E-state index in [1.54, 1.807) is 0 Å². The zero-order chi connectivity index (χ0) is 40.6. The normalized spacial score (nSPS) is 14.5. The maximum absolute atomic E-state index is 5.76. The molecule has 1 atom stereocenters. The van der Waals surface area contributed by atoms with E-state index in [2.05, 4.69) is 205 Å². The summed E-state index contributed by atoms with van der Waals surface area (Å²) < 4.78 is 0. The number of benzene rings is 6. The molecule has 0 N–H and O–H groups in total. The van der Waals surface area contributed by atoms with Crippen LogP contribution in [0.4, 0.5) is 17.3 Å². The molecule has 3 nitrogen and oxygen atoms in total. The minimum absolute atomic E-state index is 0. The second-order valence-electron chi connectivity index (χ2n) is 17.0. The molecule has 2 aliphatic rings. The Morgan fingerprint density at radius 1 is 0.583 bits per heavy atom. The number of hydrogen-bond donors (Lipinski definition) is 0. The summed E-state index contributed by atoms with van der Waals surface area (Å²) in [6.45, 7) is 15.8. The number of rotatable bonds is 7. The van der Waals surface area contributed by atoms with Crippen molar-refractivity contribution in [1.29, 1.82) is 0 Å². The molecule has 0 amide bonds. The average molecular weight is 957 g/mol.